The Morgan fingerprint density at radius 2 is 2.12 bits per heavy atom. The Bertz CT molecular complexity index is 856. The minimum Gasteiger partial charge on any atom is -0.340 e. The van der Waals surface area contributed by atoms with Crippen LogP contribution in [0.15, 0.2) is 41.1 Å². The molecule has 0 radical (unpaired) electrons. The molecule has 3 aromatic rings. The maximum absolute atomic E-state index is 13.3. The molecular formula is C18H17FN2OS2. The molecule has 0 N–H and O–H groups in total. The lowest BCUT2D eigenvalue weighted by Crippen LogP contribution is -2.27. The van der Waals surface area contributed by atoms with Crippen LogP contribution in [0.4, 0.5) is 4.39 Å². The number of rotatable bonds is 5. The lowest BCUT2D eigenvalue weighted by atomic mass is 10.2. The van der Waals surface area contributed by atoms with Crippen molar-refractivity contribution in [3.05, 3.63) is 63.0 Å². The van der Waals surface area contributed by atoms with Crippen molar-refractivity contribution in [2.24, 2.45) is 0 Å². The van der Waals surface area contributed by atoms with Crippen LogP contribution < -0.4 is 0 Å². The van der Waals surface area contributed by atoms with E-state index in [2.05, 4.69) is 18.0 Å². The zero-order valence-electron chi connectivity index (χ0n) is 13.5. The van der Waals surface area contributed by atoms with Gasteiger partial charge in [0.2, 0.25) is 5.91 Å². The normalized spacial score (nSPS) is 10.8. The second-order valence-corrected chi connectivity index (χ2v) is 7.47. The average molecular weight is 360 g/mol. The van der Waals surface area contributed by atoms with Gasteiger partial charge in [0.25, 0.3) is 0 Å². The number of aromatic nitrogens is 1. The van der Waals surface area contributed by atoms with Crippen LogP contribution in [0.5, 0.6) is 0 Å². The third-order valence-corrected chi connectivity index (χ3v) is 5.68. The molecule has 0 aliphatic rings. The van der Waals surface area contributed by atoms with Crippen LogP contribution in [-0.4, -0.2) is 22.8 Å². The predicted octanol–water partition coefficient (Wildman–Crippen LogP) is 4.52. The van der Waals surface area contributed by atoms with Crippen molar-refractivity contribution in [1.82, 2.24) is 9.88 Å². The van der Waals surface area contributed by atoms with E-state index in [0.717, 1.165) is 16.3 Å². The third kappa shape index (κ3) is 3.88. The molecule has 0 fully saturated rings. The van der Waals surface area contributed by atoms with E-state index in [1.54, 1.807) is 29.4 Å². The number of hydrogen-bond donors (Lipinski definition) is 0. The first-order valence-corrected chi connectivity index (χ1v) is 9.26. The van der Waals surface area contributed by atoms with Crippen molar-refractivity contribution in [2.45, 2.75) is 19.9 Å². The fraction of sp³-hybridized carbons (Fsp3) is 0.222. The summed E-state index contributed by atoms with van der Waals surface area (Å²) in [5.74, 6) is -0.259. The first-order valence-electron chi connectivity index (χ1n) is 7.50. The molecule has 0 aliphatic carbocycles. The lowest BCUT2D eigenvalue weighted by Gasteiger charge is -2.16. The minimum atomic E-state index is -0.286. The van der Waals surface area contributed by atoms with Crippen LogP contribution in [0.2, 0.25) is 0 Å². The Kier molecular flexibility index (Phi) is 5.06. The fourth-order valence-corrected chi connectivity index (χ4v) is 4.08. The average Bonchev–Trinajstić information content (AvgIpc) is 3.17. The summed E-state index contributed by atoms with van der Waals surface area (Å²) in [5.41, 5.74) is 2.67. The van der Waals surface area contributed by atoms with Gasteiger partial charge in [0.05, 0.1) is 18.7 Å². The van der Waals surface area contributed by atoms with Crippen molar-refractivity contribution >= 4 is 28.6 Å². The van der Waals surface area contributed by atoms with E-state index < -0.39 is 0 Å². The highest BCUT2D eigenvalue weighted by Crippen LogP contribution is 2.25. The molecule has 0 spiro atoms. The molecule has 1 amide bonds. The van der Waals surface area contributed by atoms with E-state index in [0.29, 0.717) is 6.54 Å². The Labute approximate surface area is 148 Å². The number of carbonyl (C=O) groups is 1. The summed E-state index contributed by atoms with van der Waals surface area (Å²) in [7, 11) is 1.81. The largest absolute Gasteiger partial charge is 0.340 e. The number of carbonyl (C=O) groups excluding carboxylic acids is 1. The first kappa shape index (κ1) is 16.8. The van der Waals surface area contributed by atoms with Crippen molar-refractivity contribution in [1.29, 1.82) is 0 Å². The number of likely N-dealkylation sites (N-methyl/N-ethyl adjacent to an activating group) is 1. The number of nitrogens with zero attached hydrogens (tertiary/aromatic N) is 2. The maximum atomic E-state index is 13.3. The maximum Gasteiger partial charge on any atom is 0.228 e. The Morgan fingerprint density at radius 3 is 2.83 bits per heavy atom. The van der Waals surface area contributed by atoms with E-state index in [9.17, 15) is 9.18 Å². The summed E-state index contributed by atoms with van der Waals surface area (Å²) in [5, 5.41) is 4.63. The van der Waals surface area contributed by atoms with E-state index >= 15 is 0 Å². The van der Waals surface area contributed by atoms with Gasteiger partial charge in [-0.15, -0.1) is 22.7 Å². The number of thiazole rings is 1. The second kappa shape index (κ2) is 7.23. The first-order chi connectivity index (χ1) is 11.5. The summed E-state index contributed by atoms with van der Waals surface area (Å²) in [6.07, 6.45) is 0.257. The highest BCUT2D eigenvalue weighted by atomic mass is 32.1. The molecule has 3 nitrogen and oxygen atoms in total. The van der Waals surface area contributed by atoms with E-state index in [1.807, 2.05) is 16.8 Å². The fourth-order valence-electron chi connectivity index (χ4n) is 2.30. The predicted molar refractivity (Wildman–Crippen MR) is 96.7 cm³/mol. The molecule has 0 bridgehead atoms. The van der Waals surface area contributed by atoms with E-state index in [1.165, 1.54) is 33.9 Å². The van der Waals surface area contributed by atoms with Crippen molar-refractivity contribution in [3.63, 3.8) is 0 Å². The van der Waals surface area contributed by atoms with Crippen LogP contribution in [0.3, 0.4) is 0 Å². The van der Waals surface area contributed by atoms with Gasteiger partial charge in [0.1, 0.15) is 10.8 Å². The Hall–Kier alpha value is -2.05. The molecule has 1 aromatic carbocycles. The van der Waals surface area contributed by atoms with Gasteiger partial charge in [0.15, 0.2) is 0 Å². The standard InChI is InChI=1S/C18H17FN2OS2/c1-12-6-7-23-16(12)10-21(2)17(22)9-15-11-24-18(20-15)13-4-3-5-14(19)8-13/h3-8,11H,9-10H2,1-2H3. The van der Waals surface area contributed by atoms with Gasteiger partial charge in [-0.2, -0.15) is 0 Å². The van der Waals surface area contributed by atoms with Gasteiger partial charge in [-0.1, -0.05) is 12.1 Å². The summed E-state index contributed by atoms with van der Waals surface area (Å²) in [6, 6.07) is 8.40. The van der Waals surface area contributed by atoms with Gasteiger partial charge >= 0.3 is 0 Å². The smallest absolute Gasteiger partial charge is 0.228 e. The summed E-state index contributed by atoms with van der Waals surface area (Å²) < 4.78 is 13.3. The minimum absolute atomic E-state index is 0.0268. The molecule has 3 rings (SSSR count). The van der Waals surface area contributed by atoms with Crippen LogP contribution in [-0.2, 0) is 17.8 Å². The molecule has 24 heavy (non-hydrogen) atoms. The van der Waals surface area contributed by atoms with Crippen LogP contribution in [0.1, 0.15) is 16.1 Å². The molecule has 0 aliphatic heterocycles. The van der Waals surface area contributed by atoms with Gasteiger partial charge < -0.3 is 4.90 Å². The highest BCUT2D eigenvalue weighted by Gasteiger charge is 2.14. The molecule has 0 saturated heterocycles. The van der Waals surface area contributed by atoms with E-state index in [-0.39, 0.29) is 18.1 Å². The molecule has 0 saturated carbocycles. The number of amides is 1. The SMILES string of the molecule is Cc1ccsc1CN(C)C(=O)Cc1csc(-c2cccc(F)c2)n1. The molecule has 6 heteroatoms. The molecule has 2 heterocycles. The summed E-state index contributed by atoms with van der Waals surface area (Å²) >= 11 is 3.09. The van der Waals surface area contributed by atoms with E-state index in [4.69, 9.17) is 0 Å². The number of aryl methyl sites for hydroxylation is 1. The van der Waals surface area contributed by atoms with Crippen molar-refractivity contribution in [3.8, 4) is 10.6 Å². The van der Waals surface area contributed by atoms with Gasteiger partial charge in [0, 0.05) is 22.9 Å². The highest BCUT2D eigenvalue weighted by molar-refractivity contribution is 7.13. The summed E-state index contributed by atoms with van der Waals surface area (Å²) in [6.45, 7) is 2.67. The monoisotopic (exact) mass is 360 g/mol. The van der Waals surface area contributed by atoms with Gasteiger partial charge in [-0.3, -0.25) is 4.79 Å². The van der Waals surface area contributed by atoms with Crippen LogP contribution in [0, 0.1) is 12.7 Å². The zero-order valence-corrected chi connectivity index (χ0v) is 15.1. The van der Waals surface area contributed by atoms with Crippen LogP contribution in [0.25, 0.3) is 10.6 Å². The van der Waals surface area contributed by atoms with Crippen molar-refractivity contribution < 1.29 is 9.18 Å². The van der Waals surface area contributed by atoms with Crippen LogP contribution >= 0.6 is 22.7 Å². The molecule has 0 unspecified atom stereocenters. The molecule has 2 aromatic heterocycles. The Morgan fingerprint density at radius 1 is 1.29 bits per heavy atom. The number of halogens is 1. The number of thiophene rings is 1. The van der Waals surface area contributed by atoms with Crippen molar-refractivity contribution in [2.75, 3.05) is 7.05 Å². The second-order valence-electron chi connectivity index (χ2n) is 5.61. The topological polar surface area (TPSA) is 33.2 Å². The summed E-state index contributed by atoms with van der Waals surface area (Å²) in [4.78, 5) is 19.8. The van der Waals surface area contributed by atoms with Gasteiger partial charge in [-0.05, 0) is 36.1 Å². The molecular weight excluding hydrogens is 343 g/mol. The number of hydrogen-bond acceptors (Lipinski definition) is 4. The molecule has 0 atom stereocenters. The Balaban J connectivity index is 1.66. The zero-order chi connectivity index (χ0) is 17.1. The quantitative estimate of drug-likeness (QED) is 0.670. The lowest BCUT2D eigenvalue weighted by molar-refractivity contribution is -0.129. The molecule has 124 valence electrons. The third-order valence-electron chi connectivity index (χ3n) is 3.73. The number of benzene rings is 1. The van der Waals surface area contributed by atoms with Gasteiger partial charge in [-0.25, -0.2) is 9.37 Å².